The highest BCUT2D eigenvalue weighted by Gasteiger charge is 2.34. The number of rotatable bonds is 3. The van der Waals surface area contributed by atoms with E-state index in [1.807, 2.05) is 19.1 Å². The van der Waals surface area contributed by atoms with Gasteiger partial charge in [0, 0.05) is 23.2 Å². The van der Waals surface area contributed by atoms with Crippen LogP contribution in [0.4, 0.5) is 5.69 Å². The third kappa shape index (κ3) is 2.58. The van der Waals surface area contributed by atoms with Gasteiger partial charge in [-0.1, -0.05) is 13.8 Å². The summed E-state index contributed by atoms with van der Waals surface area (Å²) in [6.07, 6.45) is 0.517. The molecule has 3 rings (SSSR count). The maximum absolute atomic E-state index is 12.5. The van der Waals surface area contributed by atoms with Gasteiger partial charge in [-0.3, -0.25) is 4.79 Å². The van der Waals surface area contributed by atoms with Gasteiger partial charge in [0.05, 0.1) is 24.2 Å². The molecule has 2 N–H and O–H groups in total. The lowest BCUT2D eigenvalue weighted by molar-refractivity contribution is 0.0971. The molecule has 0 saturated carbocycles. The number of methoxy groups -OCH3 is 1. The summed E-state index contributed by atoms with van der Waals surface area (Å²) in [7, 11) is 1.66. The first-order valence-corrected chi connectivity index (χ1v) is 8.55. The molecule has 5 heteroatoms. The molecule has 0 aromatic heterocycles. The van der Waals surface area contributed by atoms with Crippen molar-refractivity contribution in [2.75, 3.05) is 12.4 Å². The maximum atomic E-state index is 12.5. The van der Waals surface area contributed by atoms with Crippen molar-refractivity contribution < 1.29 is 9.53 Å². The van der Waals surface area contributed by atoms with Crippen LogP contribution in [0.1, 0.15) is 36.2 Å². The summed E-state index contributed by atoms with van der Waals surface area (Å²) in [6, 6.07) is 3.82. The monoisotopic (exact) mass is 318 g/mol. The van der Waals surface area contributed by atoms with E-state index in [1.54, 1.807) is 18.9 Å². The van der Waals surface area contributed by atoms with Gasteiger partial charge in [-0.25, -0.2) is 0 Å². The van der Waals surface area contributed by atoms with Crippen LogP contribution in [0.25, 0.3) is 0 Å². The van der Waals surface area contributed by atoms with Crippen LogP contribution >= 0.6 is 11.8 Å². The Bertz CT molecular complexity index is 640. The zero-order valence-electron chi connectivity index (χ0n) is 13.4. The number of ketones is 1. The van der Waals surface area contributed by atoms with Crippen molar-refractivity contribution in [2.24, 2.45) is 5.92 Å². The van der Waals surface area contributed by atoms with Crippen LogP contribution < -0.4 is 15.4 Å². The maximum Gasteiger partial charge on any atom is 0.167 e. The summed E-state index contributed by atoms with van der Waals surface area (Å²) >= 11 is 1.76. The minimum atomic E-state index is 0.0864. The summed E-state index contributed by atoms with van der Waals surface area (Å²) in [5.74, 6) is 1.49. The number of hydrogen-bond donors (Lipinski definition) is 2. The molecule has 1 aromatic carbocycles. The van der Waals surface area contributed by atoms with Gasteiger partial charge in [-0.2, -0.15) is 0 Å². The van der Waals surface area contributed by atoms with Gasteiger partial charge >= 0.3 is 0 Å². The van der Waals surface area contributed by atoms with E-state index in [2.05, 4.69) is 29.9 Å². The molecule has 0 spiro atoms. The summed E-state index contributed by atoms with van der Waals surface area (Å²) < 4.78 is 5.37. The molecule has 0 fully saturated rings. The lowest BCUT2D eigenvalue weighted by Crippen LogP contribution is -2.43. The van der Waals surface area contributed by atoms with Crippen LogP contribution in [0.2, 0.25) is 0 Å². The Morgan fingerprint density at radius 3 is 2.73 bits per heavy atom. The molecular weight excluding hydrogens is 296 g/mol. The second-order valence-electron chi connectivity index (χ2n) is 6.12. The summed E-state index contributed by atoms with van der Waals surface area (Å²) in [6.45, 7) is 6.34. The van der Waals surface area contributed by atoms with Crippen molar-refractivity contribution >= 4 is 23.2 Å². The molecule has 2 atom stereocenters. The number of fused-ring (bicyclic) bond motifs is 1. The van der Waals surface area contributed by atoms with Crippen LogP contribution in [0.15, 0.2) is 23.2 Å². The molecule has 0 saturated heterocycles. The summed E-state index contributed by atoms with van der Waals surface area (Å²) in [4.78, 5) is 12.5. The summed E-state index contributed by atoms with van der Waals surface area (Å²) in [5, 5.41) is 9.46. The Morgan fingerprint density at radius 2 is 2.09 bits per heavy atom. The highest BCUT2D eigenvalue weighted by Crippen LogP contribution is 2.37. The fourth-order valence-corrected chi connectivity index (χ4v) is 4.13. The SMILES string of the molecule is COc1ccc2c(c1C)NC(C1NC(C(C)C)=CS1)CC2=O. The predicted octanol–water partition coefficient (Wildman–Crippen LogP) is 3.53. The van der Waals surface area contributed by atoms with E-state index in [0.717, 1.165) is 22.6 Å². The number of nitrogens with one attached hydrogen (secondary N) is 2. The van der Waals surface area contributed by atoms with Gasteiger partial charge in [0.2, 0.25) is 0 Å². The van der Waals surface area contributed by atoms with Crippen molar-refractivity contribution in [2.45, 2.75) is 38.6 Å². The normalized spacial score (nSPS) is 23.7. The van der Waals surface area contributed by atoms with Crippen LogP contribution in [0.5, 0.6) is 5.75 Å². The Balaban J connectivity index is 1.84. The lowest BCUT2D eigenvalue weighted by atomic mass is 9.93. The predicted molar refractivity (Wildman–Crippen MR) is 91.5 cm³/mol. The minimum absolute atomic E-state index is 0.0864. The fraction of sp³-hybridized carbons (Fsp3) is 0.471. The molecule has 2 aliphatic rings. The third-order valence-electron chi connectivity index (χ3n) is 4.31. The average Bonchev–Trinajstić information content (AvgIpc) is 2.98. The van der Waals surface area contributed by atoms with Crippen molar-refractivity contribution in [3.05, 3.63) is 34.4 Å². The third-order valence-corrected chi connectivity index (χ3v) is 5.44. The topological polar surface area (TPSA) is 50.4 Å². The van der Waals surface area contributed by atoms with E-state index in [0.29, 0.717) is 12.3 Å². The standard InChI is InChI=1S/C17H22N2O2S/c1-9(2)13-8-22-17(19-13)12-7-14(20)11-5-6-15(21-4)10(3)16(11)18-12/h5-6,8-9,12,17-19H,7H2,1-4H3. The molecule has 118 valence electrons. The van der Waals surface area contributed by atoms with Crippen LogP contribution in [0.3, 0.4) is 0 Å². The number of thioether (sulfide) groups is 1. The minimum Gasteiger partial charge on any atom is -0.496 e. The number of hydrogen-bond acceptors (Lipinski definition) is 5. The molecule has 1 aromatic rings. The Labute approximate surface area is 135 Å². The summed E-state index contributed by atoms with van der Waals surface area (Å²) in [5.41, 5.74) is 3.94. The van der Waals surface area contributed by atoms with Crippen molar-refractivity contribution in [1.82, 2.24) is 5.32 Å². The number of anilines is 1. The second-order valence-corrected chi connectivity index (χ2v) is 7.14. The number of carbonyl (C=O) groups is 1. The Hall–Kier alpha value is -1.62. The van der Waals surface area contributed by atoms with E-state index in [1.165, 1.54) is 5.70 Å². The fourth-order valence-electron chi connectivity index (χ4n) is 2.94. The van der Waals surface area contributed by atoms with Gasteiger partial charge in [0.1, 0.15) is 5.75 Å². The first-order chi connectivity index (χ1) is 10.5. The van der Waals surface area contributed by atoms with Crippen LogP contribution in [0, 0.1) is 12.8 Å². The number of Topliss-reactive ketones (excluding diaryl/α,β-unsaturated/α-hetero) is 1. The van der Waals surface area contributed by atoms with Crippen molar-refractivity contribution in [3.8, 4) is 5.75 Å². The molecule has 0 radical (unpaired) electrons. The van der Waals surface area contributed by atoms with E-state index < -0.39 is 0 Å². The zero-order valence-corrected chi connectivity index (χ0v) is 14.2. The number of ether oxygens (including phenoxy) is 1. The van der Waals surface area contributed by atoms with Gasteiger partial charge in [-0.05, 0) is 30.4 Å². The van der Waals surface area contributed by atoms with E-state index >= 15 is 0 Å². The zero-order chi connectivity index (χ0) is 15.9. The molecular formula is C17H22N2O2S. The molecule has 0 aliphatic carbocycles. The average molecular weight is 318 g/mol. The van der Waals surface area contributed by atoms with Gasteiger partial charge in [0.15, 0.2) is 5.78 Å². The molecule has 22 heavy (non-hydrogen) atoms. The Kier molecular flexibility index (Phi) is 4.08. The molecule has 0 bridgehead atoms. The second kappa shape index (κ2) is 5.88. The van der Waals surface area contributed by atoms with Crippen molar-refractivity contribution in [3.63, 3.8) is 0 Å². The van der Waals surface area contributed by atoms with E-state index in [4.69, 9.17) is 4.74 Å². The van der Waals surface area contributed by atoms with Crippen LogP contribution in [-0.2, 0) is 0 Å². The van der Waals surface area contributed by atoms with E-state index in [-0.39, 0.29) is 17.2 Å². The van der Waals surface area contributed by atoms with Gasteiger partial charge < -0.3 is 15.4 Å². The first kappa shape index (κ1) is 15.3. The number of carbonyl (C=O) groups excluding carboxylic acids is 1. The highest BCUT2D eigenvalue weighted by molar-refractivity contribution is 8.03. The van der Waals surface area contributed by atoms with Crippen LogP contribution in [-0.4, -0.2) is 24.3 Å². The molecule has 0 amide bonds. The smallest absolute Gasteiger partial charge is 0.167 e. The molecule has 2 heterocycles. The largest absolute Gasteiger partial charge is 0.496 e. The number of benzene rings is 1. The highest BCUT2D eigenvalue weighted by atomic mass is 32.2. The van der Waals surface area contributed by atoms with Gasteiger partial charge in [0.25, 0.3) is 0 Å². The molecule has 2 unspecified atom stereocenters. The first-order valence-electron chi connectivity index (χ1n) is 7.60. The quantitative estimate of drug-likeness (QED) is 0.893. The van der Waals surface area contributed by atoms with Gasteiger partial charge in [-0.15, -0.1) is 11.8 Å². The number of allylic oxidation sites excluding steroid dienone is 1. The lowest BCUT2D eigenvalue weighted by Gasteiger charge is -2.32. The molecule has 2 aliphatic heterocycles. The van der Waals surface area contributed by atoms with E-state index in [9.17, 15) is 4.79 Å². The van der Waals surface area contributed by atoms with Crippen molar-refractivity contribution in [1.29, 1.82) is 0 Å². The Morgan fingerprint density at radius 1 is 1.32 bits per heavy atom. The molecule has 4 nitrogen and oxygen atoms in total.